The van der Waals surface area contributed by atoms with Gasteiger partial charge >= 0.3 is 0 Å². The molecule has 0 unspecified atom stereocenters. The lowest BCUT2D eigenvalue weighted by molar-refractivity contribution is 0.745. The third-order valence-electron chi connectivity index (χ3n) is 13.4. The summed E-state index contributed by atoms with van der Waals surface area (Å²) < 4.78 is 0. The highest BCUT2D eigenvalue weighted by atomic mass is 14.4. The maximum atomic E-state index is 2.36. The van der Waals surface area contributed by atoms with Crippen LogP contribution in [0.3, 0.4) is 0 Å². The number of hydrogen-bond donors (Lipinski definition) is 0. The Morgan fingerprint density at radius 3 is 0.531 bits per heavy atom. The van der Waals surface area contributed by atoms with Crippen molar-refractivity contribution in [3.8, 4) is 22.3 Å². The Bertz CT molecular complexity index is 2830. The van der Waals surface area contributed by atoms with Crippen LogP contribution in [0.1, 0.15) is 44.5 Å². The van der Waals surface area contributed by atoms with Crippen LogP contribution in [0.2, 0.25) is 0 Å². The predicted octanol–water partition coefficient (Wildman–Crippen LogP) is 16.1. The van der Waals surface area contributed by atoms with Gasteiger partial charge in [-0.2, -0.15) is 0 Å². The van der Waals surface area contributed by atoms with Crippen molar-refractivity contribution in [2.45, 2.75) is 10.8 Å². The van der Waals surface area contributed by atoms with Crippen molar-refractivity contribution in [3.05, 3.63) is 324 Å². The second-order valence-electron chi connectivity index (χ2n) is 16.7. The predicted molar refractivity (Wildman–Crippen MR) is 269 cm³/mol. The molecule has 302 valence electrons. The summed E-state index contributed by atoms with van der Waals surface area (Å²) in [4.78, 5) is 0. The fraction of sp³-hybridized carbons (Fsp3) is 0.0312. The van der Waals surface area contributed by atoms with E-state index < -0.39 is 10.8 Å². The van der Waals surface area contributed by atoms with E-state index in [0.29, 0.717) is 0 Å². The summed E-state index contributed by atoms with van der Waals surface area (Å²) in [5.41, 5.74) is 13.7. The van der Waals surface area contributed by atoms with Gasteiger partial charge < -0.3 is 0 Å². The lowest BCUT2D eigenvalue weighted by atomic mass is 9.65. The van der Waals surface area contributed by atoms with Gasteiger partial charge in [0.15, 0.2) is 0 Å². The third kappa shape index (κ3) is 6.38. The van der Waals surface area contributed by atoms with E-state index in [-0.39, 0.29) is 0 Å². The third-order valence-corrected chi connectivity index (χ3v) is 13.4. The number of fused-ring (bicyclic) bond motifs is 2. The monoisotopic (exact) mass is 814 g/mol. The van der Waals surface area contributed by atoms with Crippen molar-refractivity contribution in [2.24, 2.45) is 0 Å². The van der Waals surface area contributed by atoms with E-state index >= 15 is 0 Å². The van der Waals surface area contributed by atoms with Crippen LogP contribution in [-0.2, 0) is 10.8 Å². The van der Waals surface area contributed by atoms with Gasteiger partial charge in [-0.25, -0.2) is 0 Å². The second-order valence-corrected chi connectivity index (χ2v) is 16.7. The zero-order valence-corrected chi connectivity index (χ0v) is 35.6. The number of rotatable bonds is 10. The molecular weight excluding hydrogens is 769 g/mol. The van der Waals surface area contributed by atoms with Crippen LogP contribution in [0.25, 0.3) is 43.8 Å². The number of benzene rings is 11. The van der Waals surface area contributed by atoms with Crippen LogP contribution in [0.15, 0.2) is 279 Å². The van der Waals surface area contributed by atoms with E-state index in [4.69, 9.17) is 0 Å². The highest BCUT2D eigenvalue weighted by Gasteiger charge is 2.39. The van der Waals surface area contributed by atoms with Crippen molar-refractivity contribution in [1.82, 2.24) is 0 Å². The van der Waals surface area contributed by atoms with Gasteiger partial charge in [-0.3, -0.25) is 0 Å². The molecule has 0 saturated carbocycles. The zero-order chi connectivity index (χ0) is 42.8. The lowest BCUT2D eigenvalue weighted by Crippen LogP contribution is -2.30. The van der Waals surface area contributed by atoms with E-state index in [9.17, 15) is 0 Å². The molecule has 0 nitrogen and oxygen atoms in total. The minimum Gasteiger partial charge on any atom is -0.0622 e. The molecule has 0 aliphatic heterocycles. The normalized spacial score (nSPS) is 11.8. The maximum absolute atomic E-state index is 2.36. The second kappa shape index (κ2) is 16.7. The molecule has 0 spiro atoms. The van der Waals surface area contributed by atoms with Gasteiger partial charge in [0.25, 0.3) is 0 Å². The van der Waals surface area contributed by atoms with E-state index in [1.165, 1.54) is 88.3 Å². The SMILES string of the molecule is c1ccc(C(c2ccccc2)(c2ccccc2)c2ccc(-c3c4ccccc4c(-c4ccc(C(c5ccccc5)(c5ccccc5)c5ccccc5)cc4)c4ccccc34)cc2)cc1. The van der Waals surface area contributed by atoms with Crippen molar-refractivity contribution < 1.29 is 0 Å². The van der Waals surface area contributed by atoms with Gasteiger partial charge in [0.05, 0.1) is 10.8 Å². The summed E-state index contributed by atoms with van der Waals surface area (Å²) >= 11 is 0. The first-order chi connectivity index (χ1) is 31.8. The molecule has 0 aromatic heterocycles. The van der Waals surface area contributed by atoms with Crippen LogP contribution < -0.4 is 0 Å². The van der Waals surface area contributed by atoms with Crippen molar-refractivity contribution >= 4 is 21.5 Å². The molecular formula is C64H46. The van der Waals surface area contributed by atoms with Crippen molar-refractivity contribution in [3.63, 3.8) is 0 Å². The smallest absolute Gasteiger partial charge is 0.0622 e. The fourth-order valence-corrected chi connectivity index (χ4v) is 10.7. The summed E-state index contributed by atoms with van der Waals surface area (Å²) in [6.45, 7) is 0. The molecule has 64 heavy (non-hydrogen) atoms. The van der Waals surface area contributed by atoms with Crippen LogP contribution >= 0.6 is 0 Å². The molecule has 0 aliphatic carbocycles. The standard InChI is InChI=1S/C64H46/c1-7-23-49(24-8-1)63(50-25-9-2-10-26-50,51-27-11-3-12-28-51)55-43-39-47(40-44-55)61-57-35-19-21-37-59(57)62(60-38-22-20-36-58(60)61)48-41-45-56(46-42-48)64(52-29-13-4-14-30-52,53-31-15-5-16-32-53)54-33-17-6-18-34-54/h1-46H. The summed E-state index contributed by atoms with van der Waals surface area (Å²) in [6, 6.07) is 102. The first-order valence-corrected chi connectivity index (χ1v) is 22.3. The molecule has 0 heteroatoms. The highest BCUT2D eigenvalue weighted by Crippen LogP contribution is 2.49. The fourth-order valence-electron chi connectivity index (χ4n) is 10.7. The molecule has 11 aromatic rings. The zero-order valence-electron chi connectivity index (χ0n) is 35.6. The molecule has 0 heterocycles. The number of hydrogen-bond acceptors (Lipinski definition) is 0. The molecule has 0 fully saturated rings. The van der Waals surface area contributed by atoms with Crippen LogP contribution in [0, 0.1) is 0 Å². The van der Waals surface area contributed by atoms with E-state index in [2.05, 4.69) is 279 Å². The van der Waals surface area contributed by atoms with E-state index in [0.717, 1.165) is 0 Å². The van der Waals surface area contributed by atoms with Gasteiger partial charge in [-0.1, -0.05) is 279 Å². The average Bonchev–Trinajstić information content (AvgIpc) is 3.38. The van der Waals surface area contributed by atoms with Gasteiger partial charge in [0, 0.05) is 0 Å². The maximum Gasteiger partial charge on any atom is 0.0701 e. The summed E-state index contributed by atoms with van der Waals surface area (Å²) in [5.74, 6) is 0. The van der Waals surface area contributed by atoms with Gasteiger partial charge in [-0.05, 0) is 88.3 Å². The Hall–Kier alpha value is -8.06. The van der Waals surface area contributed by atoms with Gasteiger partial charge in [0.2, 0.25) is 0 Å². The van der Waals surface area contributed by atoms with E-state index in [1.807, 2.05) is 0 Å². The largest absolute Gasteiger partial charge is 0.0701 e. The van der Waals surface area contributed by atoms with Crippen molar-refractivity contribution in [1.29, 1.82) is 0 Å². The van der Waals surface area contributed by atoms with Gasteiger partial charge in [-0.15, -0.1) is 0 Å². The summed E-state index contributed by atoms with van der Waals surface area (Å²) in [6.07, 6.45) is 0. The minimum atomic E-state index is -0.512. The van der Waals surface area contributed by atoms with Crippen LogP contribution in [0.5, 0.6) is 0 Å². The molecule has 0 bridgehead atoms. The molecule has 0 aliphatic rings. The van der Waals surface area contributed by atoms with E-state index in [1.54, 1.807) is 0 Å². The molecule has 0 N–H and O–H groups in total. The Kier molecular flexibility index (Phi) is 10.1. The topological polar surface area (TPSA) is 0 Å². The highest BCUT2D eigenvalue weighted by molar-refractivity contribution is 6.21. The Balaban J connectivity index is 1.09. The van der Waals surface area contributed by atoms with Crippen LogP contribution in [0.4, 0.5) is 0 Å². The lowest BCUT2D eigenvalue weighted by Gasteiger charge is -2.37. The molecule has 11 aromatic carbocycles. The Morgan fingerprint density at radius 2 is 0.328 bits per heavy atom. The van der Waals surface area contributed by atoms with Crippen LogP contribution in [-0.4, -0.2) is 0 Å². The Morgan fingerprint density at radius 1 is 0.156 bits per heavy atom. The average molecular weight is 815 g/mol. The summed E-state index contributed by atoms with van der Waals surface area (Å²) in [5, 5.41) is 4.95. The first-order valence-electron chi connectivity index (χ1n) is 22.3. The molecule has 11 rings (SSSR count). The van der Waals surface area contributed by atoms with Crippen molar-refractivity contribution in [2.75, 3.05) is 0 Å². The molecule has 0 radical (unpaired) electrons. The minimum absolute atomic E-state index is 0.512. The molecule has 0 atom stereocenters. The first kappa shape index (κ1) is 38.8. The quantitative estimate of drug-likeness (QED) is 0.0953. The Labute approximate surface area is 376 Å². The van der Waals surface area contributed by atoms with Gasteiger partial charge in [0.1, 0.15) is 0 Å². The molecule has 0 amide bonds. The molecule has 0 saturated heterocycles. The summed E-state index contributed by atoms with van der Waals surface area (Å²) in [7, 11) is 0.